The third kappa shape index (κ3) is 6.04. The zero-order valence-electron chi connectivity index (χ0n) is 16.8. The smallest absolute Gasteiger partial charge is 0.336 e. The lowest BCUT2D eigenvalue weighted by Gasteiger charge is -2.14. The van der Waals surface area contributed by atoms with Crippen molar-refractivity contribution >= 4 is 35.1 Å². The second-order valence-corrected chi connectivity index (χ2v) is 7.13. The number of anilines is 1. The summed E-state index contributed by atoms with van der Waals surface area (Å²) in [5.41, 5.74) is 1.81. The molecule has 1 unspecified atom stereocenters. The number of aliphatic carboxylic acids is 1. The minimum absolute atomic E-state index is 0.230. The van der Waals surface area contributed by atoms with E-state index in [4.69, 9.17) is 16.7 Å². The summed E-state index contributed by atoms with van der Waals surface area (Å²) in [6.45, 7) is 3.42. The molecule has 0 saturated carbocycles. The number of rotatable bonds is 10. The van der Waals surface area contributed by atoms with Crippen molar-refractivity contribution in [2.45, 2.75) is 52.3 Å². The minimum Gasteiger partial charge on any atom is -0.479 e. The highest BCUT2D eigenvalue weighted by Crippen LogP contribution is 2.21. The second-order valence-electron chi connectivity index (χ2n) is 6.77. The van der Waals surface area contributed by atoms with Crippen LogP contribution >= 0.6 is 11.6 Å². The Labute approximate surface area is 179 Å². The van der Waals surface area contributed by atoms with Crippen molar-refractivity contribution in [1.29, 1.82) is 0 Å². The molecule has 4 N–H and O–H groups in total. The first-order chi connectivity index (χ1) is 14.3. The van der Waals surface area contributed by atoms with E-state index in [1.54, 1.807) is 24.3 Å². The summed E-state index contributed by atoms with van der Waals surface area (Å²) in [5, 5.41) is 23.6. The molecule has 10 heteroatoms. The number of carbonyl (C=O) groups is 3. The van der Waals surface area contributed by atoms with E-state index in [0.29, 0.717) is 17.9 Å². The molecule has 0 aliphatic carbocycles. The molecule has 0 aliphatic rings. The normalized spacial score (nSPS) is 11.7. The highest BCUT2D eigenvalue weighted by molar-refractivity contribution is 6.30. The fourth-order valence-electron chi connectivity index (χ4n) is 2.90. The maximum absolute atomic E-state index is 12.1. The molecule has 1 aromatic heterocycles. The van der Waals surface area contributed by atoms with Crippen molar-refractivity contribution in [3.63, 3.8) is 0 Å². The lowest BCUT2D eigenvalue weighted by Crippen LogP contribution is -2.48. The maximum atomic E-state index is 12.1. The van der Waals surface area contributed by atoms with Gasteiger partial charge in [0.2, 0.25) is 11.9 Å². The number of carboxylic acid groups (broad SMARTS) is 1. The van der Waals surface area contributed by atoms with Gasteiger partial charge in [0.25, 0.3) is 5.91 Å². The molecule has 1 atom stereocenters. The molecular weight excluding hydrogens is 412 g/mol. The van der Waals surface area contributed by atoms with E-state index in [-0.39, 0.29) is 11.8 Å². The number of amides is 2. The summed E-state index contributed by atoms with van der Waals surface area (Å²) in [7, 11) is 0. The van der Waals surface area contributed by atoms with Crippen LogP contribution in [0.4, 0.5) is 5.69 Å². The number of nitrogens with one attached hydrogen (secondary N) is 2. The lowest BCUT2D eigenvalue weighted by molar-refractivity contribution is -0.144. The molecule has 1 heterocycles. The van der Waals surface area contributed by atoms with Gasteiger partial charge in [0.15, 0.2) is 5.15 Å². The molecule has 2 amide bonds. The summed E-state index contributed by atoms with van der Waals surface area (Å²) in [4.78, 5) is 38.8. The third-order valence-corrected chi connectivity index (χ3v) is 4.73. The number of nitrogens with zero attached hydrogens (tertiary/aromatic N) is 2. The highest BCUT2D eigenvalue weighted by Gasteiger charge is 2.27. The standard InChI is InChI=1S/C20H25ClN4O5/c1-3-4-5-16-24-18(21)15(11-26)25(16)10-13-6-8-14(9-7-13)23-19(28)17(20(29)30)22-12(2)27/h6-9,17,26H,3-5,10-11H2,1-2H3,(H,22,27)(H,23,28)(H,29,30). The summed E-state index contributed by atoms with van der Waals surface area (Å²) in [5.74, 6) is -2.13. The molecule has 2 rings (SSSR count). The maximum Gasteiger partial charge on any atom is 0.336 e. The van der Waals surface area contributed by atoms with E-state index in [1.807, 2.05) is 4.57 Å². The molecule has 0 saturated heterocycles. The molecule has 0 aliphatic heterocycles. The molecule has 0 fully saturated rings. The molecule has 1 aromatic carbocycles. The zero-order valence-corrected chi connectivity index (χ0v) is 17.6. The SMILES string of the molecule is CCCCc1nc(Cl)c(CO)n1Cc1ccc(NC(=O)C(NC(C)=O)C(=O)O)cc1. The van der Waals surface area contributed by atoms with Crippen LogP contribution in [-0.2, 0) is 34.0 Å². The van der Waals surface area contributed by atoms with E-state index in [0.717, 1.165) is 37.6 Å². The van der Waals surface area contributed by atoms with Gasteiger partial charge in [0.05, 0.1) is 12.3 Å². The topological polar surface area (TPSA) is 134 Å². The van der Waals surface area contributed by atoms with Crippen LogP contribution in [0.3, 0.4) is 0 Å². The first kappa shape index (κ1) is 23.4. The van der Waals surface area contributed by atoms with Crippen LogP contribution in [0.2, 0.25) is 5.15 Å². The number of hydrogen-bond acceptors (Lipinski definition) is 5. The molecule has 2 aromatic rings. The van der Waals surface area contributed by atoms with Crippen LogP contribution in [0.25, 0.3) is 0 Å². The summed E-state index contributed by atoms with van der Waals surface area (Å²) in [6.07, 6.45) is 2.69. The third-order valence-electron chi connectivity index (χ3n) is 4.43. The van der Waals surface area contributed by atoms with Crippen LogP contribution in [0.5, 0.6) is 0 Å². The van der Waals surface area contributed by atoms with Crippen molar-refractivity contribution in [2.24, 2.45) is 0 Å². The van der Waals surface area contributed by atoms with Gasteiger partial charge >= 0.3 is 5.97 Å². The van der Waals surface area contributed by atoms with Crippen LogP contribution in [0.1, 0.15) is 43.8 Å². The number of aromatic nitrogens is 2. The molecule has 0 radical (unpaired) electrons. The average molecular weight is 437 g/mol. The van der Waals surface area contributed by atoms with Crippen molar-refractivity contribution in [3.05, 3.63) is 46.5 Å². The van der Waals surface area contributed by atoms with Crippen molar-refractivity contribution in [3.8, 4) is 0 Å². The Bertz CT molecular complexity index is 911. The molecule has 30 heavy (non-hydrogen) atoms. The molecule has 0 spiro atoms. The predicted molar refractivity (Wildman–Crippen MR) is 111 cm³/mol. The fraction of sp³-hybridized carbons (Fsp3) is 0.400. The minimum atomic E-state index is -1.68. The van der Waals surface area contributed by atoms with Crippen LogP contribution in [0.15, 0.2) is 24.3 Å². The Kier molecular flexibility index (Phi) is 8.37. The Morgan fingerprint density at radius 2 is 1.90 bits per heavy atom. The van der Waals surface area contributed by atoms with Crippen LogP contribution < -0.4 is 10.6 Å². The Hall–Kier alpha value is -2.91. The quantitative estimate of drug-likeness (QED) is 0.420. The summed E-state index contributed by atoms with van der Waals surface area (Å²) >= 11 is 6.15. The Morgan fingerprint density at radius 3 is 2.43 bits per heavy atom. The van der Waals surface area contributed by atoms with Crippen molar-refractivity contribution < 1.29 is 24.6 Å². The number of aliphatic hydroxyl groups is 1. The molecule has 0 bridgehead atoms. The van der Waals surface area contributed by atoms with E-state index >= 15 is 0 Å². The van der Waals surface area contributed by atoms with Gasteiger partial charge in [-0.15, -0.1) is 0 Å². The molecular formula is C20H25ClN4O5. The first-order valence-electron chi connectivity index (χ1n) is 9.51. The molecule has 162 valence electrons. The highest BCUT2D eigenvalue weighted by atomic mass is 35.5. The second kappa shape index (κ2) is 10.7. The Balaban J connectivity index is 2.14. The largest absolute Gasteiger partial charge is 0.479 e. The van der Waals surface area contributed by atoms with E-state index in [9.17, 15) is 19.5 Å². The monoisotopic (exact) mass is 436 g/mol. The number of unbranched alkanes of at least 4 members (excludes halogenated alkanes) is 1. The van der Waals surface area contributed by atoms with Gasteiger partial charge in [-0.1, -0.05) is 37.1 Å². The van der Waals surface area contributed by atoms with E-state index in [2.05, 4.69) is 22.5 Å². The lowest BCUT2D eigenvalue weighted by atomic mass is 10.1. The average Bonchev–Trinajstić information content (AvgIpc) is 2.99. The van der Waals surface area contributed by atoms with Gasteiger partial charge in [0.1, 0.15) is 5.82 Å². The fourth-order valence-corrected chi connectivity index (χ4v) is 3.16. The number of hydrogen-bond donors (Lipinski definition) is 4. The van der Waals surface area contributed by atoms with Gasteiger partial charge in [-0.2, -0.15) is 0 Å². The van der Waals surface area contributed by atoms with E-state index < -0.39 is 23.8 Å². The first-order valence-corrected chi connectivity index (χ1v) is 9.88. The summed E-state index contributed by atoms with van der Waals surface area (Å²) in [6, 6.07) is 5.11. The van der Waals surface area contributed by atoms with Gasteiger partial charge in [-0.05, 0) is 24.1 Å². The predicted octanol–water partition coefficient (Wildman–Crippen LogP) is 1.95. The van der Waals surface area contributed by atoms with Gasteiger partial charge < -0.3 is 25.4 Å². The van der Waals surface area contributed by atoms with Gasteiger partial charge in [0, 0.05) is 25.6 Å². The van der Waals surface area contributed by atoms with Gasteiger partial charge in [-0.25, -0.2) is 9.78 Å². The Morgan fingerprint density at radius 1 is 1.23 bits per heavy atom. The number of aliphatic hydroxyl groups excluding tert-OH is 1. The molecule has 9 nitrogen and oxygen atoms in total. The number of imidazole rings is 1. The van der Waals surface area contributed by atoms with Crippen LogP contribution in [0, 0.1) is 0 Å². The number of aryl methyl sites for hydroxylation is 1. The van der Waals surface area contributed by atoms with E-state index in [1.165, 1.54) is 0 Å². The number of halogens is 1. The summed E-state index contributed by atoms with van der Waals surface area (Å²) < 4.78 is 1.88. The number of benzene rings is 1. The van der Waals surface area contributed by atoms with Crippen molar-refractivity contribution in [1.82, 2.24) is 14.9 Å². The number of carbonyl (C=O) groups excluding carboxylic acids is 2. The zero-order chi connectivity index (χ0) is 22.3. The van der Waals surface area contributed by atoms with Crippen molar-refractivity contribution in [2.75, 3.05) is 5.32 Å². The van der Waals surface area contributed by atoms with Gasteiger partial charge in [-0.3, -0.25) is 9.59 Å². The number of carboxylic acids is 1. The van der Waals surface area contributed by atoms with Crippen LogP contribution in [-0.4, -0.2) is 43.6 Å².